The minimum absolute atomic E-state index is 0.0658. The molecule has 0 bridgehead atoms. The van der Waals surface area contributed by atoms with Gasteiger partial charge in [0, 0.05) is 16.8 Å². The molecule has 0 radical (unpaired) electrons. The van der Waals surface area contributed by atoms with Gasteiger partial charge in [0.1, 0.15) is 6.04 Å². The Morgan fingerprint density at radius 1 is 1.04 bits per heavy atom. The van der Waals surface area contributed by atoms with Crippen LogP contribution in [0.4, 0.5) is 5.69 Å². The predicted molar refractivity (Wildman–Crippen MR) is 104 cm³/mol. The lowest BCUT2D eigenvalue weighted by molar-refractivity contribution is -0.146. The molecule has 0 saturated carbocycles. The van der Waals surface area contributed by atoms with Crippen LogP contribution in [0.15, 0.2) is 24.3 Å². The van der Waals surface area contributed by atoms with Crippen molar-refractivity contribution in [2.45, 2.75) is 59.2 Å². The molecule has 27 heavy (non-hydrogen) atoms. The fourth-order valence-corrected chi connectivity index (χ4v) is 5.08. The average Bonchev–Trinajstić information content (AvgIpc) is 3.01. The zero-order chi connectivity index (χ0) is 19.8. The average molecular weight is 366 g/mol. The summed E-state index contributed by atoms with van der Waals surface area (Å²) in [5, 5.41) is 0. The number of anilines is 1. The van der Waals surface area contributed by atoms with Crippen LogP contribution in [0.1, 0.15) is 45.7 Å². The Kier molecular flexibility index (Phi) is 3.68. The maximum atomic E-state index is 13.3. The molecule has 1 aromatic rings. The van der Waals surface area contributed by atoms with E-state index in [1.54, 1.807) is 0 Å². The predicted octanol–water partition coefficient (Wildman–Crippen LogP) is 2.96. The lowest BCUT2D eigenvalue weighted by Crippen LogP contribution is -2.52. The van der Waals surface area contributed by atoms with Crippen LogP contribution < -0.4 is 4.90 Å². The van der Waals surface area contributed by atoms with Crippen molar-refractivity contribution in [2.24, 2.45) is 11.8 Å². The number of allylic oxidation sites excluding steroid dienone is 1. The van der Waals surface area contributed by atoms with Crippen molar-refractivity contribution in [3.05, 3.63) is 35.4 Å². The summed E-state index contributed by atoms with van der Waals surface area (Å²) in [5.74, 6) is -1.56. The molecular formula is C22H26N2O3. The number of hydrogen-bond acceptors (Lipinski definition) is 4. The third kappa shape index (κ3) is 2.33. The number of amides is 2. The zero-order valence-corrected chi connectivity index (χ0v) is 16.7. The number of ketones is 1. The quantitative estimate of drug-likeness (QED) is 0.717. The highest BCUT2D eigenvalue weighted by Gasteiger charge is 2.64. The largest absolute Gasteiger partial charge is 0.353 e. The summed E-state index contributed by atoms with van der Waals surface area (Å²) < 4.78 is 0. The fourth-order valence-electron chi connectivity index (χ4n) is 5.08. The van der Waals surface area contributed by atoms with E-state index < -0.39 is 23.4 Å². The minimum Gasteiger partial charge on any atom is -0.353 e. The van der Waals surface area contributed by atoms with E-state index in [0.29, 0.717) is 0 Å². The van der Waals surface area contributed by atoms with Gasteiger partial charge in [0.15, 0.2) is 5.78 Å². The molecule has 3 heterocycles. The molecule has 2 fully saturated rings. The molecule has 0 aliphatic carbocycles. The molecule has 5 nitrogen and oxygen atoms in total. The van der Waals surface area contributed by atoms with E-state index in [2.05, 4.69) is 12.1 Å². The Bertz CT molecular complexity index is 909. The third-order valence-electron chi connectivity index (χ3n) is 6.09. The molecule has 1 aromatic carbocycles. The number of benzene rings is 1. The molecule has 4 rings (SSSR count). The molecule has 5 heteroatoms. The SMILES string of the molecule is CC(=O)[C@@H]1[C@@H]2C(=O)N(C(C)(C)C)C(=O)[C@H]2[C@@H]2C=C(C)c3cc(C)ccc3N12. The Hall–Kier alpha value is -2.43. The Morgan fingerprint density at radius 2 is 1.67 bits per heavy atom. The van der Waals surface area contributed by atoms with Crippen LogP contribution in [0.3, 0.4) is 0 Å². The normalized spacial score (nSPS) is 29.5. The fraction of sp³-hybridized carbons (Fsp3) is 0.500. The number of likely N-dealkylation sites (tertiary alicyclic amines) is 1. The maximum Gasteiger partial charge on any atom is 0.236 e. The van der Waals surface area contributed by atoms with E-state index in [9.17, 15) is 14.4 Å². The van der Waals surface area contributed by atoms with E-state index in [-0.39, 0.29) is 23.6 Å². The molecule has 2 amide bonds. The van der Waals surface area contributed by atoms with Crippen LogP contribution in [0.25, 0.3) is 5.57 Å². The van der Waals surface area contributed by atoms with Gasteiger partial charge in [0.2, 0.25) is 11.8 Å². The van der Waals surface area contributed by atoms with Gasteiger partial charge in [-0.05, 0) is 59.2 Å². The minimum atomic E-state index is -0.615. The summed E-state index contributed by atoms with van der Waals surface area (Å²) in [5.41, 5.74) is 3.66. The van der Waals surface area contributed by atoms with Gasteiger partial charge in [0.25, 0.3) is 0 Å². The van der Waals surface area contributed by atoms with Crippen molar-refractivity contribution in [2.75, 3.05) is 4.90 Å². The number of Topliss-reactive ketones (excluding diaryl/α,β-unsaturated/α-hetero) is 1. The van der Waals surface area contributed by atoms with Crippen LogP contribution >= 0.6 is 0 Å². The van der Waals surface area contributed by atoms with Gasteiger partial charge >= 0.3 is 0 Å². The number of rotatable bonds is 1. The number of carbonyl (C=O) groups excluding carboxylic acids is 3. The van der Waals surface area contributed by atoms with Gasteiger partial charge in [-0.1, -0.05) is 17.7 Å². The van der Waals surface area contributed by atoms with E-state index in [1.165, 1.54) is 11.8 Å². The van der Waals surface area contributed by atoms with Crippen LogP contribution in [0.2, 0.25) is 0 Å². The number of imide groups is 1. The van der Waals surface area contributed by atoms with E-state index in [0.717, 1.165) is 22.4 Å². The topological polar surface area (TPSA) is 57.7 Å². The summed E-state index contributed by atoms with van der Waals surface area (Å²) in [6.07, 6.45) is 2.07. The van der Waals surface area contributed by atoms with Gasteiger partial charge in [-0.2, -0.15) is 0 Å². The summed E-state index contributed by atoms with van der Waals surface area (Å²) in [6, 6.07) is 5.28. The van der Waals surface area contributed by atoms with Crippen molar-refractivity contribution in [3.63, 3.8) is 0 Å². The summed E-state index contributed by atoms with van der Waals surface area (Å²) in [7, 11) is 0. The molecule has 3 aliphatic rings. The second-order valence-electron chi connectivity index (χ2n) is 9.06. The van der Waals surface area contributed by atoms with Crippen LogP contribution in [-0.2, 0) is 14.4 Å². The summed E-state index contributed by atoms with van der Waals surface area (Å²) >= 11 is 0. The Labute approximate surface area is 160 Å². The smallest absolute Gasteiger partial charge is 0.236 e. The van der Waals surface area contributed by atoms with E-state index >= 15 is 0 Å². The molecular weight excluding hydrogens is 340 g/mol. The van der Waals surface area contributed by atoms with E-state index in [1.807, 2.05) is 51.7 Å². The molecule has 0 N–H and O–H groups in total. The number of hydrogen-bond donors (Lipinski definition) is 0. The highest BCUT2D eigenvalue weighted by atomic mass is 16.2. The van der Waals surface area contributed by atoms with Crippen LogP contribution in [-0.4, -0.2) is 40.1 Å². The van der Waals surface area contributed by atoms with Crippen molar-refractivity contribution in [1.29, 1.82) is 0 Å². The Morgan fingerprint density at radius 3 is 2.26 bits per heavy atom. The number of nitrogens with zero attached hydrogens (tertiary/aromatic N) is 2. The molecule has 142 valence electrons. The molecule has 0 aromatic heterocycles. The third-order valence-corrected chi connectivity index (χ3v) is 6.09. The van der Waals surface area contributed by atoms with Gasteiger partial charge in [0.05, 0.1) is 17.9 Å². The second kappa shape index (κ2) is 5.54. The first-order valence-corrected chi connectivity index (χ1v) is 9.50. The van der Waals surface area contributed by atoms with Crippen LogP contribution in [0.5, 0.6) is 0 Å². The highest BCUT2D eigenvalue weighted by Crippen LogP contribution is 2.51. The lowest BCUT2D eigenvalue weighted by atomic mass is 9.87. The Balaban J connectivity index is 1.90. The molecule has 4 atom stereocenters. The first-order chi connectivity index (χ1) is 12.5. The van der Waals surface area contributed by atoms with Crippen molar-refractivity contribution < 1.29 is 14.4 Å². The van der Waals surface area contributed by atoms with Gasteiger partial charge < -0.3 is 4.90 Å². The summed E-state index contributed by atoms with van der Waals surface area (Å²) in [6.45, 7) is 11.2. The van der Waals surface area contributed by atoms with Crippen molar-refractivity contribution in [1.82, 2.24) is 4.90 Å². The maximum absolute atomic E-state index is 13.3. The molecule has 3 aliphatic heterocycles. The highest BCUT2D eigenvalue weighted by molar-refractivity contribution is 6.11. The van der Waals surface area contributed by atoms with Crippen LogP contribution in [0, 0.1) is 18.8 Å². The standard InChI is InChI=1S/C22H26N2O3/c1-11-7-8-15-14(9-11)12(2)10-16-17-18(19(13(3)25)23(15)16)21(27)24(20(17)26)22(4,5)6/h7-10,16-19H,1-6H3/t16-,17-,18+,19+/m0/s1. The molecule has 2 saturated heterocycles. The first-order valence-electron chi connectivity index (χ1n) is 9.50. The summed E-state index contributed by atoms with van der Waals surface area (Å²) in [4.78, 5) is 42.6. The number of aryl methyl sites for hydroxylation is 1. The van der Waals surface area contributed by atoms with Crippen molar-refractivity contribution in [3.8, 4) is 0 Å². The van der Waals surface area contributed by atoms with Crippen molar-refractivity contribution >= 4 is 28.9 Å². The zero-order valence-electron chi connectivity index (χ0n) is 16.7. The first kappa shape index (κ1) is 18.0. The molecule has 0 spiro atoms. The number of carbonyl (C=O) groups is 3. The van der Waals surface area contributed by atoms with E-state index in [4.69, 9.17) is 0 Å². The lowest BCUT2D eigenvalue weighted by Gasteiger charge is -2.39. The monoisotopic (exact) mass is 366 g/mol. The van der Waals surface area contributed by atoms with Gasteiger partial charge in [-0.15, -0.1) is 0 Å². The molecule has 0 unspecified atom stereocenters. The van der Waals surface area contributed by atoms with Gasteiger partial charge in [-0.25, -0.2) is 0 Å². The second-order valence-corrected chi connectivity index (χ2v) is 9.06. The number of fused-ring (bicyclic) bond motifs is 5. The van der Waals surface area contributed by atoms with Gasteiger partial charge in [-0.3, -0.25) is 19.3 Å².